The van der Waals surface area contributed by atoms with E-state index < -0.39 is 6.10 Å². The number of aromatic nitrogens is 1. The Morgan fingerprint density at radius 2 is 2.14 bits per heavy atom. The van der Waals surface area contributed by atoms with E-state index in [2.05, 4.69) is 4.98 Å². The largest absolute Gasteiger partial charge is 0.391 e. The number of aliphatic hydroxyl groups excluding tert-OH is 1. The second-order valence-electron chi connectivity index (χ2n) is 5.35. The van der Waals surface area contributed by atoms with Gasteiger partial charge in [-0.2, -0.15) is 0 Å². The van der Waals surface area contributed by atoms with Gasteiger partial charge in [0.15, 0.2) is 0 Å². The van der Waals surface area contributed by atoms with Crippen LogP contribution in [-0.2, 0) is 0 Å². The minimum atomic E-state index is -0.399. The molecule has 0 bridgehead atoms. The minimum absolute atomic E-state index is 0.00840. The summed E-state index contributed by atoms with van der Waals surface area (Å²) in [5, 5.41) is 10.6. The van der Waals surface area contributed by atoms with Crippen LogP contribution >= 0.6 is 11.3 Å². The molecule has 21 heavy (non-hydrogen) atoms. The van der Waals surface area contributed by atoms with Gasteiger partial charge >= 0.3 is 0 Å². The fraction of sp³-hybridized carbons (Fsp3) is 0.375. The van der Waals surface area contributed by atoms with E-state index in [4.69, 9.17) is 0 Å². The maximum Gasteiger partial charge on any atom is 0.265 e. The van der Waals surface area contributed by atoms with Crippen molar-refractivity contribution in [2.45, 2.75) is 25.9 Å². The molecule has 1 amide bonds. The molecule has 2 aromatic rings. The van der Waals surface area contributed by atoms with Crippen LogP contribution < -0.4 is 0 Å². The molecule has 4 nitrogen and oxygen atoms in total. The summed E-state index contributed by atoms with van der Waals surface area (Å²) in [6.07, 6.45) is 1.24. The van der Waals surface area contributed by atoms with Crippen molar-refractivity contribution in [1.29, 1.82) is 0 Å². The third-order valence-electron chi connectivity index (χ3n) is 3.70. The van der Waals surface area contributed by atoms with Gasteiger partial charge in [-0.1, -0.05) is 30.3 Å². The molecule has 1 N–H and O–H groups in total. The smallest absolute Gasteiger partial charge is 0.265 e. The van der Waals surface area contributed by atoms with Crippen molar-refractivity contribution in [3.63, 3.8) is 0 Å². The number of benzene rings is 1. The van der Waals surface area contributed by atoms with E-state index in [0.29, 0.717) is 18.0 Å². The fourth-order valence-electron chi connectivity index (χ4n) is 2.58. The first kappa shape index (κ1) is 14.2. The molecule has 1 atom stereocenters. The van der Waals surface area contributed by atoms with Crippen LogP contribution in [0.3, 0.4) is 0 Å². The summed E-state index contributed by atoms with van der Waals surface area (Å²) in [5.74, 6) is -0.00840. The average Bonchev–Trinajstić information content (AvgIpc) is 2.89. The normalized spacial score (nSPS) is 18.8. The Hall–Kier alpha value is -1.72. The van der Waals surface area contributed by atoms with Crippen LogP contribution in [0.1, 0.15) is 28.2 Å². The Kier molecular flexibility index (Phi) is 4.03. The molecule has 1 aliphatic heterocycles. The summed E-state index contributed by atoms with van der Waals surface area (Å²) in [6, 6.07) is 9.89. The van der Waals surface area contributed by atoms with Gasteiger partial charge in [0.1, 0.15) is 9.88 Å². The number of hydrogen-bond donors (Lipinski definition) is 1. The molecule has 0 aliphatic carbocycles. The summed E-state index contributed by atoms with van der Waals surface area (Å²) in [5.41, 5.74) is 1.80. The third-order valence-corrected chi connectivity index (χ3v) is 4.89. The zero-order valence-corrected chi connectivity index (χ0v) is 12.8. The first-order valence-electron chi connectivity index (χ1n) is 7.15. The molecule has 1 aromatic heterocycles. The molecule has 5 heteroatoms. The predicted octanol–water partition coefficient (Wildman–Crippen LogP) is 2.72. The number of rotatable bonds is 2. The molecule has 1 aromatic carbocycles. The number of piperidine rings is 1. The number of β-amino-alcohol motifs (C(OH)–C–C–N with tert-alkyl or cyclic N) is 1. The van der Waals surface area contributed by atoms with Gasteiger partial charge in [-0.25, -0.2) is 4.98 Å². The van der Waals surface area contributed by atoms with Crippen LogP contribution in [0.5, 0.6) is 0 Å². The lowest BCUT2D eigenvalue weighted by Crippen LogP contribution is -2.42. The molecule has 1 fully saturated rings. The Balaban J connectivity index is 1.86. The highest BCUT2D eigenvalue weighted by Gasteiger charge is 2.26. The fourth-order valence-corrected chi connectivity index (χ4v) is 3.62. The van der Waals surface area contributed by atoms with Gasteiger partial charge in [-0.05, 0) is 19.8 Å². The van der Waals surface area contributed by atoms with Crippen molar-refractivity contribution in [3.8, 4) is 10.6 Å². The second-order valence-corrected chi connectivity index (χ2v) is 6.35. The van der Waals surface area contributed by atoms with Crippen LogP contribution in [0.15, 0.2) is 30.3 Å². The molecular weight excluding hydrogens is 284 g/mol. The first-order chi connectivity index (χ1) is 10.1. The number of aryl methyl sites for hydroxylation is 1. The Morgan fingerprint density at radius 1 is 1.38 bits per heavy atom. The molecule has 2 heterocycles. The summed E-state index contributed by atoms with van der Waals surface area (Å²) in [4.78, 5) is 19.5. The van der Waals surface area contributed by atoms with Gasteiger partial charge in [0, 0.05) is 18.7 Å². The Morgan fingerprint density at radius 3 is 2.86 bits per heavy atom. The molecular formula is C16H18N2O2S. The van der Waals surface area contributed by atoms with Crippen molar-refractivity contribution in [1.82, 2.24) is 9.88 Å². The zero-order valence-electron chi connectivity index (χ0n) is 12.0. The lowest BCUT2D eigenvalue weighted by Gasteiger charge is -2.29. The standard InChI is InChI=1S/C16H18N2O2S/c1-11-14(16(20)18-9-5-8-13(19)10-18)21-15(17-11)12-6-3-2-4-7-12/h2-4,6-7,13,19H,5,8-10H2,1H3. The molecule has 110 valence electrons. The van der Waals surface area contributed by atoms with Gasteiger partial charge in [-0.15, -0.1) is 11.3 Å². The van der Waals surface area contributed by atoms with Crippen molar-refractivity contribution in [2.24, 2.45) is 0 Å². The summed E-state index contributed by atoms with van der Waals surface area (Å²) in [6.45, 7) is 3.02. The Bertz CT molecular complexity index is 639. The van der Waals surface area contributed by atoms with Gasteiger partial charge in [0.2, 0.25) is 0 Å². The van der Waals surface area contributed by atoms with Crippen LogP contribution in [0.4, 0.5) is 0 Å². The highest BCUT2D eigenvalue weighted by atomic mass is 32.1. The number of hydrogen-bond acceptors (Lipinski definition) is 4. The van der Waals surface area contributed by atoms with E-state index in [9.17, 15) is 9.90 Å². The van der Waals surface area contributed by atoms with E-state index in [0.717, 1.165) is 29.1 Å². The third kappa shape index (κ3) is 2.99. The van der Waals surface area contributed by atoms with E-state index in [1.54, 1.807) is 4.90 Å². The summed E-state index contributed by atoms with van der Waals surface area (Å²) in [7, 11) is 0. The number of nitrogens with zero attached hydrogens (tertiary/aromatic N) is 2. The number of thiazole rings is 1. The molecule has 0 radical (unpaired) electrons. The highest BCUT2D eigenvalue weighted by molar-refractivity contribution is 7.17. The van der Waals surface area contributed by atoms with Crippen molar-refractivity contribution in [2.75, 3.05) is 13.1 Å². The van der Waals surface area contributed by atoms with E-state index >= 15 is 0 Å². The predicted molar refractivity (Wildman–Crippen MR) is 83.4 cm³/mol. The number of carbonyl (C=O) groups excluding carboxylic acids is 1. The summed E-state index contributed by atoms with van der Waals surface area (Å²) < 4.78 is 0. The lowest BCUT2D eigenvalue weighted by atomic mass is 10.1. The van der Waals surface area contributed by atoms with Gasteiger partial charge in [-0.3, -0.25) is 4.79 Å². The maximum atomic E-state index is 12.6. The lowest BCUT2D eigenvalue weighted by molar-refractivity contribution is 0.0477. The van der Waals surface area contributed by atoms with Crippen LogP contribution in [-0.4, -0.2) is 40.1 Å². The van der Waals surface area contributed by atoms with Crippen molar-refractivity contribution >= 4 is 17.2 Å². The molecule has 0 saturated carbocycles. The maximum absolute atomic E-state index is 12.6. The topological polar surface area (TPSA) is 53.4 Å². The zero-order chi connectivity index (χ0) is 14.8. The first-order valence-corrected chi connectivity index (χ1v) is 7.97. The molecule has 0 spiro atoms. The van der Waals surface area contributed by atoms with Crippen LogP contribution in [0.2, 0.25) is 0 Å². The highest BCUT2D eigenvalue weighted by Crippen LogP contribution is 2.29. The molecule has 3 rings (SSSR count). The monoisotopic (exact) mass is 302 g/mol. The average molecular weight is 302 g/mol. The summed E-state index contributed by atoms with van der Waals surface area (Å²) >= 11 is 1.43. The van der Waals surface area contributed by atoms with E-state index in [-0.39, 0.29) is 5.91 Å². The molecule has 1 aliphatic rings. The van der Waals surface area contributed by atoms with Gasteiger partial charge < -0.3 is 10.0 Å². The SMILES string of the molecule is Cc1nc(-c2ccccc2)sc1C(=O)N1CCCC(O)C1. The number of carbonyl (C=O) groups is 1. The van der Waals surface area contributed by atoms with E-state index in [1.807, 2.05) is 37.3 Å². The van der Waals surface area contributed by atoms with Gasteiger partial charge in [0.05, 0.1) is 11.8 Å². The minimum Gasteiger partial charge on any atom is -0.391 e. The Labute approximate surface area is 128 Å². The number of amides is 1. The molecule has 1 saturated heterocycles. The van der Waals surface area contributed by atoms with E-state index in [1.165, 1.54) is 11.3 Å². The second kappa shape index (κ2) is 5.95. The van der Waals surface area contributed by atoms with Crippen LogP contribution in [0, 0.1) is 6.92 Å². The van der Waals surface area contributed by atoms with Crippen molar-refractivity contribution < 1.29 is 9.90 Å². The quantitative estimate of drug-likeness (QED) is 0.928. The van der Waals surface area contributed by atoms with Gasteiger partial charge in [0.25, 0.3) is 5.91 Å². The number of aliphatic hydroxyl groups is 1. The van der Waals surface area contributed by atoms with Crippen LogP contribution in [0.25, 0.3) is 10.6 Å². The molecule has 1 unspecified atom stereocenters. The van der Waals surface area contributed by atoms with Crippen molar-refractivity contribution in [3.05, 3.63) is 40.9 Å². The number of likely N-dealkylation sites (tertiary alicyclic amines) is 1.